The minimum Gasteiger partial charge on any atom is -0.369 e. The van der Waals surface area contributed by atoms with Crippen molar-refractivity contribution < 1.29 is 4.74 Å². The number of nitrogens with one attached hydrogen (secondary N) is 1. The van der Waals surface area contributed by atoms with E-state index in [9.17, 15) is 0 Å². The van der Waals surface area contributed by atoms with E-state index in [1.54, 1.807) is 0 Å². The van der Waals surface area contributed by atoms with Crippen molar-refractivity contribution in [1.29, 1.82) is 0 Å². The molecule has 0 spiro atoms. The van der Waals surface area contributed by atoms with Gasteiger partial charge in [-0.15, -0.1) is 0 Å². The van der Waals surface area contributed by atoms with Crippen LogP contribution >= 0.6 is 23.5 Å². The number of imidazole rings is 1. The quantitative estimate of drug-likeness (QED) is 0.909. The molecule has 0 bridgehead atoms. The lowest BCUT2D eigenvalue weighted by atomic mass is 10.2. The Morgan fingerprint density at radius 3 is 3.28 bits per heavy atom. The topological polar surface area (TPSA) is 39.1 Å². The van der Waals surface area contributed by atoms with E-state index in [4.69, 9.17) is 4.74 Å². The average Bonchev–Trinajstić information content (AvgIpc) is 2.89. The third-order valence-electron chi connectivity index (χ3n) is 3.29. The van der Waals surface area contributed by atoms with Gasteiger partial charge in [0.25, 0.3) is 0 Å². The lowest BCUT2D eigenvalue weighted by Gasteiger charge is -2.26. The first-order chi connectivity index (χ1) is 8.93. The van der Waals surface area contributed by atoms with E-state index in [0.717, 1.165) is 26.2 Å². The van der Waals surface area contributed by atoms with Crippen LogP contribution < -0.4 is 5.32 Å². The van der Waals surface area contributed by atoms with Gasteiger partial charge in [-0.1, -0.05) is 0 Å². The van der Waals surface area contributed by atoms with Gasteiger partial charge in [-0.3, -0.25) is 0 Å². The summed E-state index contributed by atoms with van der Waals surface area (Å²) < 4.78 is 8.10. The van der Waals surface area contributed by atoms with Gasteiger partial charge in [-0.2, -0.15) is 23.5 Å². The van der Waals surface area contributed by atoms with Crippen LogP contribution in [0.3, 0.4) is 0 Å². The van der Waals surface area contributed by atoms with Gasteiger partial charge in [0, 0.05) is 42.1 Å². The van der Waals surface area contributed by atoms with Crippen molar-refractivity contribution in [1.82, 2.24) is 14.9 Å². The predicted molar refractivity (Wildman–Crippen MR) is 77.4 cm³/mol. The molecule has 2 unspecified atom stereocenters. The van der Waals surface area contributed by atoms with E-state index >= 15 is 0 Å². The summed E-state index contributed by atoms with van der Waals surface area (Å²) in [6.07, 6.45) is 4.08. The lowest BCUT2D eigenvalue weighted by molar-refractivity contribution is 0.0228. The number of thioether (sulfide) groups is 2. The number of morpholine rings is 1. The maximum atomic E-state index is 5.82. The SMILES string of the molecule is c1ncn(CC2CSCCS2)c1C1CNCCO1. The second-order valence-electron chi connectivity index (χ2n) is 4.60. The number of hydrogen-bond donors (Lipinski definition) is 1. The fraction of sp³-hybridized carbons (Fsp3) is 0.750. The highest BCUT2D eigenvalue weighted by atomic mass is 32.2. The van der Waals surface area contributed by atoms with Gasteiger partial charge < -0.3 is 14.6 Å². The zero-order valence-corrected chi connectivity index (χ0v) is 12.0. The summed E-state index contributed by atoms with van der Waals surface area (Å²) >= 11 is 4.16. The van der Waals surface area contributed by atoms with Gasteiger partial charge in [0.2, 0.25) is 0 Å². The van der Waals surface area contributed by atoms with Gasteiger partial charge in [0.05, 0.1) is 24.8 Å². The first kappa shape index (κ1) is 12.8. The molecule has 18 heavy (non-hydrogen) atoms. The molecule has 1 N–H and O–H groups in total. The molecular formula is C12H19N3OS2. The van der Waals surface area contributed by atoms with Crippen LogP contribution in [0.15, 0.2) is 12.5 Å². The van der Waals surface area contributed by atoms with Crippen molar-refractivity contribution >= 4 is 23.5 Å². The van der Waals surface area contributed by atoms with Crippen LogP contribution in [0.5, 0.6) is 0 Å². The van der Waals surface area contributed by atoms with Gasteiger partial charge >= 0.3 is 0 Å². The molecule has 2 aliphatic heterocycles. The van der Waals surface area contributed by atoms with Crippen LogP contribution in [0.4, 0.5) is 0 Å². The maximum Gasteiger partial charge on any atom is 0.111 e. The number of aromatic nitrogens is 2. The van der Waals surface area contributed by atoms with Gasteiger partial charge in [-0.05, 0) is 0 Å². The number of rotatable bonds is 3. The molecule has 3 rings (SSSR count). The average molecular weight is 285 g/mol. The molecule has 0 amide bonds. The molecule has 2 saturated heterocycles. The van der Waals surface area contributed by atoms with E-state index in [2.05, 4.69) is 38.4 Å². The highest BCUT2D eigenvalue weighted by Gasteiger charge is 2.22. The molecule has 2 aliphatic rings. The Hall–Kier alpha value is -0.170. The summed E-state index contributed by atoms with van der Waals surface area (Å²) in [6.45, 7) is 3.72. The molecule has 4 nitrogen and oxygen atoms in total. The Morgan fingerprint density at radius 1 is 1.50 bits per heavy atom. The van der Waals surface area contributed by atoms with Gasteiger partial charge in [-0.25, -0.2) is 4.98 Å². The van der Waals surface area contributed by atoms with Crippen LogP contribution in [0.1, 0.15) is 11.8 Å². The van der Waals surface area contributed by atoms with Gasteiger partial charge in [0.1, 0.15) is 6.10 Å². The first-order valence-electron chi connectivity index (χ1n) is 6.45. The van der Waals surface area contributed by atoms with Crippen molar-refractivity contribution in [3.63, 3.8) is 0 Å². The standard InChI is InChI=1S/C12H19N3OS2/c1-2-16-12(6-13-1)11-5-14-9-15(11)7-10-8-17-3-4-18-10/h5,9-10,12-13H,1-4,6-8H2. The van der Waals surface area contributed by atoms with Crippen molar-refractivity contribution in [2.75, 3.05) is 37.0 Å². The molecule has 1 aromatic rings. The van der Waals surface area contributed by atoms with E-state index in [0.29, 0.717) is 5.25 Å². The number of hydrogen-bond acceptors (Lipinski definition) is 5. The summed E-state index contributed by atoms with van der Waals surface area (Å²) in [7, 11) is 0. The van der Waals surface area contributed by atoms with Crippen molar-refractivity contribution in [3.05, 3.63) is 18.2 Å². The normalized spacial score (nSPS) is 29.3. The predicted octanol–water partition coefficient (Wildman–Crippen LogP) is 1.39. The fourth-order valence-electron chi connectivity index (χ4n) is 2.37. The van der Waals surface area contributed by atoms with E-state index in [1.165, 1.54) is 23.0 Å². The van der Waals surface area contributed by atoms with Crippen LogP contribution in [0, 0.1) is 0 Å². The maximum absolute atomic E-state index is 5.82. The minimum atomic E-state index is 0.169. The third-order valence-corrected chi connectivity index (χ3v) is 6.11. The zero-order chi connectivity index (χ0) is 12.2. The molecule has 0 saturated carbocycles. The lowest BCUT2D eigenvalue weighted by Crippen LogP contribution is -2.34. The number of ether oxygens (including phenoxy) is 1. The largest absolute Gasteiger partial charge is 0.369 e. The van der Waals surface area contributed by atoms with Crippen LogP contribution in [-0.2, 0) is 11.3 Å². The molecule has 6 heteroatoms. The molecule has 2 atom stereocenters. The molecule has 0 aromatic carbocycles. The highest BCUT2D eigenvalue weighted by molar-refractivity contribution is 8.06. The Bertz CT molecular complexity index is 373. The fourth-order valence-corrected chi connectivity index (χ4v) is 5.03. The van der Waals surface area contributed by atoms with Crippen LogP contribution in [-0.4, -0.2) is 51.8 Å². The molecule has 100 valence electrons. The summed E-state index contributed by atoms with van der Waals surface area (Å²) in [4.78, 5) is 4.30. The van der Waals surface area contributed by atoms with Crippen LogP contribution in [0.2, 0.25) is 0 Å². The smallest absolute Gasteiger partial charge is 0.111 e. The molecule has 0 radical (unpaired) electrons. The second kappa shape index (κ2) is 6.32. The zero-order valence-electron chi connectivity index (χ0n) is 10.4. The minimum absolute atomic E-state index is 0.169. The Balaban J connectivity index is 1.66. The molecular weight excluding hydrogens is 266 g/mol. The Morgan fingerprint density at radius 2 is 2.50 bits per heavy atom. The Kier molecular flexibility index (Phi) is 4.51. The summed E-state index contributed by atoms with van der Waals surface area (Å²) in [6, 6.07) is 0. The molecule has 1 aromatic heterocycles. The summed E-state index contributed by atoms with van der Waals surface area (Å²) in [5, 5.41) is 4.09. The number of nitrogens with zero attached hydrogens (tertiary/aromatic N) is 2. The monoisotopic (exact) mass is 285 g/mol. The van der Waals surface area contributed by atoms with Crippen molar-refractivity contribution in [3.8, 4) is 0 Å². The van der Waals surface area contributed by atoms with E-state index in [1.807, 2.05) is 12.5 Å². The molecule has 2 fully saturated rings. The van der Waals surface area contributed by atoms with Crippen LogP contribution in [0.25, 0.3) is 0 Å². The van der Waals surface area contributed by atoms with Gasteiger partial charge in [0.15, 0.2) is 0 Å². The molecule has 3 heterocycles. The van der Waals surface area contributed by atoms with E-state index < -0.39 is 0 Å². The van der Waals surface area contributed by atoms with Crippen molar-refractivity contribution in [2.45, 2.75) is 17.9 Å². The molecule has 0 aliphatic carbocycles. The highest BCUT2D eigenvalue weighted by Crippen LogP contribution is 2.27. The third kappa shape index (κ3) is 3.04. The second-order valence-corrected chi connectivity index (χ2v) is 7.16. The first-order valence-corrected chi connectivity index (χ1v) is 8.65. The van der Waals surface area contributed by atoms with E-state index in [-0.39, 0.29) is 6.10 Å². The summed E-state index contributed by atoms with van der Waals surface area (Å²) in [5.41, 5.74) is 1.22. The summed E-state index contributed by atoms with van der Waals surface area (Å²) in [5.74, 6) is 3.83. The Labute approximate surface area is 116 Å². The van der Waals surface area contributed by atoms with Crippen molar-refractivity contribution in [2.24, 2.45) is 0 Å².